The number of carbonyl (C=O) groups is 1. The van der Waals surface area contributed by atoms with Gasteiger partial charge < -0.3 is 15.3 Å². The molecule has 138 valence electrons. The number of carboxylic acid groups (broad SMARTS) is 1. The molecule has 1 fully saturated rings. The minimum atomic E-state index is -1.16. The number of unbranched alkanes of at least 4 members (excludes halogenated alkanes) is 1. The fourth-order valence-corrected chi connectivity index (χ4v) is 4.26. The number of phenolic OH excluding ortho intramolecular Hbond substituents is 1. The Morgan fingerprint density at radius 3 is 2.48 bits per heavy atom. The standard InChI is InChI=1S/C21H30O4/c1-6-7-8-14-11-15(22)17(18(23)16(14)19(24)25)21(5)12-20(3,4)10-9-13(21)2/h11,22-23H,2,6-10,12H2,1,3-5H3,(H,24,25). The van der Waals surface area contributed by atoms with Gasteiger partial charge >= 0.3 is 5.97 Å². The van der Waals surface area contributed by atoms with Gasteiger partial charge in [0.25, 0.3) is 0 Å². The number of aromatic hydroxyl groups is 2. The smallest absolute Gasteiger partial charge is 0.339 e. The molecule has 1 unspecified atom stereocenters. The Morgan fingerprint density at radius 2 is 1.92 bits per heavy atom. The maximum absolute atomic E-state index is 11.8. The summed E-state index contributed by atoms with van der Waals surface area (Å²) in [6, 6.07) is 1.52. The second kappa shape index (κ2) is 6.74. The molecule has 1 saturated carbocycles. The average molecular weight is 346 g/mol. The predicted molar refractivity (Wildman–Crippen MR) is 99.5 cm³/mol. The maximum Gasteiger partial charge on any atom is 0.339 e. The van der Waals surface area contributed by atoms with Crippen LogP contribution in [0.2, 0.25) is 0 Å². The Hall–Kier alpha value is -1.97. The van der Waals surface area contributed by atoms with Gasteiger partial charge in [0.15, 0.2) is 0 Å². The van der Waals surface area contributed by atoms with E-state index in [0.29, 0.717) is 24.0 Å². The summed E-state index contributed by atoms with van der Waals surface area (Å²) < 4.78 is 0. The SMILES string of the molecule is C=C1CCC(C)(C)CC1(C)c1c(O)cc(CCCC)c(C(=O)O)c1O. The van der Waals surface area contributed by atoms with Crippen LogP contribution in [0.25, 0.3) is 0 Å². The second-order valence-electron chi connectivity index (χ2n) is 8.34. The lowest BCUT2D eigenvalue weighted by atomic mass is 9.59. The monoisotopic (exact) mass is 346 g/mol. The molecule has 0 bridgehead atoms. The molecule has 0 aromatic heterocycles. The quantitative estimate of drug-likeness (QED) is 0.643. The molecule has 0 spiro atoms. The highest BCUT2D eigenvalue weighted by atomic mass is 16.4. The normalized spacial score (nSPS) is 22.8. The third-order valence-electron chi connectivity index (χ3n) is 5.64. The van der Waals surface area contributed by atoms with E-state index < -0.39 is 11.4 Å². The third kappa shape index (κ3) is 3.53. The van der Waals surface area contributed by atoms with Gasteiger partial charge in [-0.15, -0.1) is 0 Å². The maximum atomic E-state index is 11.8. The molecular weight excluding hydrogens is 316 g/mol. The average Bonchev–Trinajstić information content (AvgIpc) is 2.47. The van der Waals surface area contributed by atoms with Crippen LogP contribution in [-0.2, 0) is 11.8 Å². The number of hydrogen-bond acceptors (Lipinski definition) is 3. The van der Waals surface area contributed by atoms with E-state index in [2.05, 4.69) is 20.4 Å². The van der Waals surface area contributed by atoms with Crippen molar-refractivity contribution < 1.29 is 20.1 Å². The van der Waals surface area contributed by atoms with Crippen molar-refractivity contribution in [3.63, 3.8) is 0 Å². The zero-order chi connectivity index (χ0) is 19.0. The van der Waals surface area contributed by atoms with Crippen LogP contribution in [0.1, 0.15) is 81.3 Å². The van der Waals surface area contributed by atoms with Gasteiger partial charge in [-0.05, 0) is 49.1 Å². The Kier molecular flexibility index (Phi) is 5.22. The van der Waals surface area contributed by atoms with E-state index in [-0.39, 0.29) is 22.5 Å². The molecule has 1 aliphatic rings. The minimum Gasteiger partial charge on any atom is -0.507 e. The Morgan fingerprint density at radius 1 is 1.28 bits per heavy atom. The summed E-state index contributed by atoms with van der Waals surface area (Å²) in [4.78, 5) is 11.8. The molecule has 4 nitrogen and oxygen atoms in total. The van der Waals surface area contributed by atoms with Crippen molar-refractivity contribution in [3.8, 4) is 11.5 Å². The van der Waals surface area contributed by atoms with E-state index in [1.54, 1.807) is 0 Å². The molecule has 1 aromatic carbocycles. The summed E-state index contributed by atoms with van der Waals surface area (Å²) in [6.45, 7) is 12.4. The largest absolute Gasteiger partial charge is 0.507 e. The molecule has 1 atom stereocenters. The lowest BCUT2D eigenvalue weighted by Gasteiger charge is -2.45. The number of benzene rings is 1. The molecule has 1 aliphatic carbocycles. The summed E-state index contributed by atoms with van der Waals surface area (Å²) >= 11 is 0. The van der Waals surface area contributed by atoms with Gasteiger partial charge in [0, 0.05) is 11.0 Å². The lowest BCUT2D eigenvalue weighted by molar-refractivity contribution is 0.0692. The van der Waals surface area contributed by atoms with Gasteiger partial charge in [-0.25, -0.2) is 4.79 Å². The van der Waals surface area contributed by atoms with Crippen LogP contribution in [-0.4, -0.2) is 21.3 Å². The van der Waals surface area contributed by atoms with Crippen molar-refractivity contribution in [1.29, 1.82) is 0 Å². The first-order valence-electron chi connectivity index (χ1n) is 9.03. The summed E-state index contributed by atoms with van der Waals surface area (Å²) in [5, 5.41) is 31.2. The van der Waals surface area contributed by atoms with Gasteiger partial charge in [0.1, 0.15) is 17.1 Å². The van der Waals surface area contributed by atoms with Crippen molar-refractivity contribution in [2.75, 3.05) is 0 Å². The minimum absolute atomic E-state index is 0.0269. The van der Waals surface area contributed by atoms with Crippen molar-refractivity contribution in [3.05, 3.63) is 34.9 Å². The van der Waals surface area contributed by atoms with Crippen LogP contribution in [0.5, 0.6) is 11.5 Å². The van der Waals surface area contributed by atoms with Crippen molar-refractivity contribution in [1.82, 2.24) is 0 Å². The Labute approximate surface area is 150 Å². The number of phenols is 2. The zero-order valence-electron chi connectivity index (χ0n) is 15.8. The van der Waals surface area contributed by atoms with Crippen LogP contribution in [0, 0.1) is 5.41 Å². The van der Waals surface area contributed by atoms with E-state index in [1.807, 2.05) is 13.8 Å². The van der Waals surface area contributed by atoms with Gasteiger partial charge in [-0.1, -0.05) is 46.3 Å². The number of aromatic carboxylic acids is 1. The van der Waals surface area contributed by atoms with Crippen LogP contribution in [0.3, 0.4) is 0 Å². The zero-order valence-corrected chi connectivity index (χ0v) is 15.8. The molecule has 4 heteroatoms. The van der Waals surface area contributed by atoms with Gasteiger partial charge in [0.2, 0.25) is 0 Å². The number of hydrogen-bond donors (Lipinski definition) is 3. The van der Waals surface area contributed by atoms with Crippen molar-refractivity contribution >= 4 is 5.97 Å². The Balaban J connectivity index is 2.67. The summed E-state index contributed by atoms with van der Waals surface area (Å²) in [5.41, 5.74) is 1.01. The van der Waals surface area contributed by atoms with Crippen LogP contribution >= 0.6 is 0 Å². The first-order valence-corrected chi connectivity index (χ1v) is 9.03. The van der Waals surface area contributed by atoms with Crippen molar-refractivity contribution in [2.24, 2.45) is 5.41 Å². The Bertz CT molecular complexity index is 702. The first-order chi connectivity index (χ1) is 11.5. The molecular formula is C21H30O4. The van der Waals surface area contributed by atoms with Crippen LogP contribution in [0.15, 0.2) is 18.2 Å². The lowest BCUT2D eigenvalue weighted by Crippen LogP contribution is -2.36. The fourth-order valence-electron chi connectivity index (χ4n) is 4.26. The highest BCUT2D eigenvalue weighted by molar-refractivity contribution is 5.94. The van der Waals surface area contributed by atoms with Crippen LogP contribution in [0.4, 0.5) is 0 Å². The fraction of sp³-hybridized carbons (Fsp3) is 0.571. The number of aryl methyl sites for hydroxylation is 1. The number of carboxylic acids is 1. The third-order valence-corrected chi connectivity index (χ3v) is 5.64. The van der Waals surface area contributed by atoms with Crippen molar-refractivity contribution in [2.45, 2.75) is 71.6 Å². The predicted octanol–water partition coefficient (Wildman–Crippen LogP) is 5.16. The van der Waals surface area contributed by atoms with E-state index in [9.17, 15) is 20.1 Å². The molecule has 0 heterocycles. The van der Waals surface area contributed by atoms with E-state index in [0.717, 1.165) is 31.3 Å². The van der Waals surface area contributed by atoms with Gasteiger partial charge in [-0.3, -0.25) is 0 Å². The molecule has 0 radical (unpaired) electrons. The number of rotatable bonds is 5. The topological polar surface area (TPSA) is 77.8 Å². The summed E-state index contributed by atoms with van der Waals surface area (Å²) in [5.74, 6) is -1.50. The molecule has 25 heavy (non-hydrogen) atoms. The van der Waals surface area contributed by atoms with Gasteiger partial charge in [-0.2, -0.15) is 0 Å². The number of allylic oxidation sites excluding steroid dienone is 1. The second-order valence-corrected chi connectivity index (χ2v) is 8.34. The highest BCUT2D eigenvalue weighted by Gasteiger charge is 2.44. The highest BCUT2D eigenvalue weighted by Crippen LogP contribution is 2.55. The molecule has 3 N–H and O–H groups in total. The molecule has 0 amide bonds. The summed E-state index contributed by atoms with van der Waals surface area (Å²) in [6.07, 6.45) is 4.71. The van der Waals surface area contributed by atoms with E-state index >= 15 is 0 Å². The van der Waals surface area contributed by atoms with Crippen LogP contribution < -0.4 is 0 Å². The van der Waals surface area contributed by atoms with Gasteiger partial charge in [0.05, 0.1) is 0 Å². The summed E-state index contributed by atoms with van der Waals surface area (Å²) in [7, 11) is 0. The van der Waals surface area contributed by atoms with E-state index in [1.165, 1.54) is 6.07 Å². The van der Waals surface area contributed by atoms with E-state index in [4.69, 9.17) is 0 Å². The molecule has 0 saturated heterocycles. The molecule has 1 aromatic rings. The molecule has 0 aliphatic heterocycles. The first kappa shape index (κ1) is 19.4. The molecule has 2 rings (SSSR count).